The monoisotopic (exact) mass is 652 g/mol. The molecule has 7 heteroatoms. The third kappa shape index (κ3) is 5.68. The Hall–Kier alpha value is -2.03. The second-order valence-corrected chi connectivity index (χ2v) is 19.3. The highest BCUT2D eigenvalue weighted by Gasteiger charge is 2.52. The summed E-state index contributed by atoms with van der Waals surface area (Å²) < 4.78 is 21.0. The van der Waals surface area contributed by atoms with Gasteiger partial charge in [-0.05, 0) is 78.9 Å². The third-order valence-electron chi connectivity index (χ3n) is 7.55. The number of aliphatic hydroxyl groups excluding tert-OH is 1. The van der Waals surface area contributed by atoms with Gasteiger partial charge in [-0.25, -0.2) is 4.39 Å². The van der Waals surface area contributed by atoms with Crippen molar-refractivity contribution in [1.82, 2.24) is 0 Å². The summed E-state index contributed by atoms with van der Waals surface area (Å²) in [5.41, 5.74) is 2.13. The number of aliphatic hydroxyl groups is 1. The van der Waals surface area contributed by atoms with E-state index in [1.165, 1.54) is 16.4 Å². The summed E-state index contributed by atoms with van der Waals surface area (Å²) in [7, 11) is -2.73. The lowest BCUT2D eigenvalue weighted by Crippen LogP contribution is -2.68. The first-order chi connectivity index (χ1) is 19.2. The zero-order valence-electron chi connectivity index (χ0n) is 22.9. The second kappa shape index (κ2) is 12.1. The van der Waals surface area contributed by atoms with E-state index in [1.807, 2.05) is 12.1 Å². The van der Waals surface area contributed by atoms with Crippen LogP contribution in [0.15, 0.2) is 108 Å². The van der Waals surface area contributed by atoms with Crippen LogP contribution in [0.25, 0.3) is 0 Å². The van der Waals surface area contributed by atoms with Gasteiger partial charge < -0.3 is 9.53 Å². The maximum atomic E-state index is 13.9. The van der Waals surface area contributed by atoms with Crippen molar-refractivity contribution in [2.45, 2.75) is 41.6 Å². The molecule has 0 aromatic heterocycles. The Bertz CT molecular complexity index is 1390. The fourth-order valence-corrected chi connectivity index (χ4v) is 13.8. The van der Waals surface area contributed by atoms with Crippen molar-refractivity contribution in [3.63, 3.8) is 0 Å². The summed E-state index contributed by atoms with van der Waals surface area (Å²) in [5, 5.41) is 13.2. The van der Waals surface area contributed by atoms with Gasteiger partial charge in [0.1, 0.15) is 15.6 Å². The topological polar surface area (TPSA) is 29.5 Å². The van der Waals surface area contributed by atoms with Gasteiger partial charge in [-0.15, -0.1) is 23.5 Å². The molecule has 0 radical (unpaired) electrons. The number of thioether (sulfide) groups is 2. The molecule has 2 atom stereocenters. The van der Waals surface area contributed by atoms with E-state index in [0.717, 1.165) is 29.1 Å². The molecule has 4 aromatic rings. The molecule has 40 heavy (non-hydrogen) atoms. The summed E-state index contributed by atoms with van der Waals surface area (Å²) in [5.74, 6) is 1.48. The summed E-state index contributed by atoms with van der Waals surface area (Å²) in [4.78, 5) is 0. The smallest absolute Gasteiger partial charge is 0.319 e. The molecular formula is C33H34BrFO2S2Si. The van der Waals surface area contributed by atoms with Crippen LogP contribution in [-0.2, 0) is 4.08 Å². The van der Waals surface area contributed by atoms with Crippen LogP contribution >= 0.6 is 39.5 Å². The summed E-state index contributed by atoms with van der Waals surface area (Å²) >= 11 is 6.87. The Kier molecular flexibility index (Phi) is 8.88. The van der Waals surface area contributed by atoms with Gasteiger partial charge in [0.25, 0.3) is 0 Å². The van der Waals surface area contributed by atoms with Crippen LogP contribution in [0.3, 0.4) is 0 Å². The van der Waals surface area contributed by atoms with Gasteiger partial charge in [-0.3, -0.25) is 0 Å². The maximum absolute atomic E-state index is 13.9. The normalized spacial score (nSPS) is 19.8. The zero-order valence-corrected chi connectivity index (χ0v) is 27.2. The molecule has 1 aliphatic rings. The number of benzene rings is 4. The summed E-state index contributed by atoms with van der Waals surface area (Å²) in [6.07, 6.45) is 0.963. The fraction of sp³-hybridized carbons (Fsp3) is 0.273. The molecule has 1 fully saturated rings. The highest BCUT2D eigenvalue weighted by atomic mass is 79.9. The molecule has 5 rings (SSSR count). The molecule has 1 aliphatic heterocycles. The van der Waals surface area contributed by atoms with E-state index in [0.29, 0.717) is 4.47 Å². The van der Waals surface area contributed by atoms with Gasteiger partial charge in [0, 0.05) is 5.25 Å². The molecule has 0 saturated carbocycles. The van der Waals surface area contributed by atoms with Crippen molar-refractivity contribution < 1.29 is 13.9 Å². The van der Waals surface area contributed by atoms with Crippen LogP contribution in [0.2, 0.25) is 5.04 Å². The van der Waals surface area contributed by atoms with E-state index >= 15 is 0 Å². The molecule has 0 aliphatic carbocycles. The molecule has 1 heterocycles. The Labute approximate surface area is 255 Å². The summed E-state index contributed by atoms with van der Waals surface area (Å²) in [6, 6.07) is 34.8. The number of hydrogen-bond acceptors (Lipinski definition) is 4. The Morgan fingerprint density at radius 1 is 0.925 bits per heavy atom. The minimum absolute atomic E-state index is 0.0100. The average Bonchev–Trinajstić information content (AvgIpc) is 2.98. The van der Waals surface area contributed by atoms with Gasteiger partial charge >= 0.3 is 8.32 Å². The molecule has 1 saturated heterocycles. The standard InChI is InChI=1S/C33H34BrFO2S2Si/c1-32(2,3)40(27-10-6-4-7-11-27,28-12-8-5-9-13-28)37-26-17-15-25(16-18-26)33(23-36)38-21-20-31(39-33)24-14-19-30(35)29(34)22-24/h4-19,22,31,36H,20-21,23H2,1-3H3. The van der Waals surface area contributed by atoms with E-state index in [4.69, 9.17) is 4.43 Å². The fourth-order valence-electron chi connectivity index (χ4n) is 5.53. The van der Waals surface area contributed by atoms with E-state index in [1.54, 1.807) is 23.5 Å². The van der Waals surface area contributed by atoms with Gasteiger partial charge in [0.15, 0.2) is 0 Å². The number of rotatable bonds is 7. The molecule has 208 valence electrons. The van der Waals surface area contributed by atoms with Crippen molar-refractivity contribution in [2.75, 3.05) is 12.4 Å². The number of halogens is 2. The van der Waals surface area contributed by atoms with Gasteiger partial charge in [-0.1, -0.05) is 99.6 Å². The average molecular weight is 654 g/mol. The van der Waals surface area contributed by atoms with Crippen molar-refractivity contribution in [3.8, 4) is 5.75 Å². The lowest BCUT2D eigenvalue weighted by atomic mass is 10.1. The van der Waals surface area contributed by atoms with E-state index in [2.05, 4.69) is 122 Å². The Morgan fingerprint density at radius 2 is 1.52 bits per heavy atom. The lowest BCUT2D eigenvalue weighted by molar-refractivity contribution is 0.284. The van der Waals surface area contributed by atoms with E-state index in [9.17, 15) is 9.50 Å². The second-order valence-electron chi connectivity index (χ2n) is 11.1. The molecule has 0 amide bonds. The molecule has 1 N–H and O–H groups in total. The Morgan fingerprint density at radius 3 is 2.05 bits per heavy atom. The first kappa shape index (κ1) is 29.5. The van der Waals surface area contributed by atoms with Crippen molar-refractivity contribution in [3.05, 3.63) is 125 Å². The summed E-state index contributed by atoms with van der Waals surface area (Å²) in [6.45, 7) is 6.84. The predicted octanol–water partition coefficient (Wildman–Crippen LogP) is 8.28. The molecule has 2 nitrogen and oxygen atoms in total. The van der Waals surface area contributed by atoms with Gasteiger partial charge in [-0.2, -0.15) is 0 Å². The van der Waals surface area contributed by atoms with Crippen LogP contribution < -0.4 is 14.8 Å². The van der Waals surface area contributed by atoms with Gasteiger partial charge in [0.2, 0.25) is 0 Å². The first-order valence-corrected chi connectivity index (χ1v) is 18.0. The molecule has 0 spiro atoms. The van der Waals surface area contributed by atoms with Crippen LogP contribution in [-0.4, -0.2) is 25.8 Å². The van der Waals surface area contributed by atoms with Crippen LogP contribution in [0.5, 0.6) is 5.75 Å². The highest BCUT2D eigenvalue weighted by molar-refractivity contribution is 9.10. The van der Waals surface area contributed by atoms with E-state index in [-0.39, 0.29) is 22.7 Å². The molecule has 2 unspecified atom stereocenters. The largest absolute Gasteiger partial charge is 0.534 e. The van der Waals surface area contributed by atoms with E-state index < -0.39 is 12.4 Å². The molecule has 4 aromatic carbocycles. The van der Waals surface area contributed by atoms with Crippen LogP contribution in [0.4, 0.5) is 4.39 Å². The minimum atomic E-state index is -2.73. The van der Waals surface area contributed by atoms with Crippen molar-refractivity contribution in [2.24, 2.45) is 0 Å². The maximum Gasteiger partial charge on any atom is 0.319 e. The lowest BCUT2D eigenvalue weighted by Gasteiger charge is -2.43. The third-order valence-corrected chi connectivity index (χ3v) is 16.6. The van der Waals surface area contributed by atoms with Crippen molar-refractivity contribution in [1.29, 1.82) is 0 Å². The van der Waals surface area contributed by atoms with Gasteiger partial charge in [0.05, 0.1) is 11.1 Å². The van der Waals surface area contributed by atoms with Crippen LogP contribution in [0.1, 0.15) is 43.6 Å². The van der Waals surface area contributed by atoms with Crippen LogP contribution in [0, 0.1) is 5.82 Å². The SMILES string of the molecule is CC(C)(C)[Si](Oc1ccc(C2(CO)SCCC(c3ccc(F)c(Br)c3)S2)cc1)(c1ccccc1)c1ccccc1. The minimum Gasteiger partial charge on any atom is -0.534 e. The zero-order chi connectivity index (χ0) is 28.4. The molecule has 0 bridgehead atoms. The molecular weight excluding hydrogens is 619 g/mol. The highest BCUT2D eigenvalue weighted by Crippen LogP contribution is 2.58. The quantitative estimate of drug-likeness (QED) is 0.203. The first-order valence-electron chi connectivity index (χ1n) is 13.5. The predicted molar refractivity (Wildman–Crippen MR) is 175 cm³/mol. The van der Waals surface area contributed by atoms with Crippen molar-refractivity contribution >= 4 is 58.1 Å². The number of hydrogen-bond donors (Lipinski definition) is 1. The Balaban J connectivity index is 1.49.